The van der Waals surface area contributed by atoms with Crippen LogP contribution in [-0.4, -0.2) is 26.7 Å². The summed E-state index contributed by atoms with van der Waals surface area (Å²) in [7, 11) is 0. The van der Waals surface area contributed by atoms with Gasteiger partial charge in [-0.25, -0.2) is 8.78 Å². The number of hydrogen-bond donors (Lipinski definition) is 2. The number of phenols is 1. The summed E-state index contributed by atoms with van der Waals surface area (Å²) >= 11 is 0. The molecule has 30 heavy (non-hydrogen) atoms. The number of aromatic nitrogens is 1. The average Bonchev–Trinajstić information content (AvgIpc) is 2.92. The van der Waals surface area contributed by atoms with Gasteiger partial charge in [0.05, 0.1) is 11.4 Å². The van der Waals surface area contributed by atoms with Gasteiger partial charge in [0.2, 0.25) is 0 Å². The van der Waals surface area contributed by atoms with Gasteiger partial charge in [0, 0.05) is 22.7 Å². The van der Waals surface area contributed by atoms with Crippen LogP contribution in [0.1, 0.15) is 53.2 Å². The van der Waals surface area contributed by atoms with Crippen molar-refractivity contribution in [2.24, 2.45) is 5.92 Å². The maximum Gasteiger partial charge on any atom is 0.311 e. The summed E-state index contributed by atoms with van der Waals surface area (Å²) in [6.45, 7) is 1.60. The topological polar surface area (TPSA) is 79.5 Å². The number of carboxylic acid groups (broad SMARTS) is 1. The Morgan fingerprint density at radius 1 is 1.20 bits per heavy atom. The summed E-state index contributed by atoms with van der Waals surface area (Å²) in [4.78, 5) is 25.3. The predicted molar refractivity (Wildman–Crippen MR) is 107 cm³/mol. The van der Waals surface area contributed by atoms with E-state index in [0.29, 0.717) is 23.1 Å². The fourth-order valence-electron chi connectivity index (χ4n) is 4.30. The second-order valence-corrected chi connectivity index (χ2v) is 7.89. The molecule has 1 fully saturated rings. The monoisotopic (exact) mass is 413 g/mol. The highest BCUT2D eigenvalue weighted by Gasteiger charge is 2.33. The van der Waals surface area contributed by atoms with E-state index in [0.717, 1.165) is 31.4 Å². The number of carbonyl (C=O) groups is 2. The fraction of sp³-hybridized carbons (Fsp3) is 0.304. The molecule has 0 saturated heterocycles. The van der Waals surface area contributed by atoms with E-state index in [2.05, 4.69) is 0 Å². The summed E-state index contributed by atoms with van der Waals surface area (Å²) in [5.41, 5.74) is 0.924. The van der Waals surface area contributed by atoms with Crippen LogP contribution in [0, 0.1) is 24.5 Å². The van der Waals surface area contributed by atoms with Crippen LogP contribution in [0.25, 0.3) is 10.9 Å². The van der Waals surface area contributed by atoms with Gasteiger partial charge in [0.1, 0.15) is 5.82 Å². The molecule has 1 aromatic heterocycles. The van der Waals surface area contributed by atoms with Crippen LogP contribution in [0.15, 0.2) is 36.4 Å². The van der Waals surface area contributed by atoms with Crippen molar-refractivity contribution in [3.8, 4) is 5.75 Å². The van der Waals surface area contributed by atoms with E-state index in [9.17, 15) is 28.6 Å². The predicted octanol–water partition coefficient (Wildman–Crippen LogP) is 4.98. The van der Waals surface area contributed by atoms with Gasteiger partial charge in [-0.05, 0) is 49.1 Å². The third-order valence-corrected chi connectivity index (χ3v) is 6.04. The summed E-state index contributed by atoms with van der Waals surface area (Å²) in [6, 6.07) is 7.30. The van der Waals surface area contributed by atoms with Crippen molar-refractivity contribution >= 4 is 22.8 Å². The highest BCUT2D eigenvalue weighted by molar-refractivity contribution is 6.05. The number of halogens is 2. The number of phenolic OH excluding ortho intramolecular Hbond substituents is 1. The molecule has 1 aliphatic carbocycles. The Hall–Kier alpha value is -3.22. The minimum absolute atomic E-state index is 0.0564. The number of carboxylic acids is 1. The molecule has 0 radical (unpaired) electrons. The van der Waals surface area contributed by atoms with E-state index in [1.165, 1.54) is 28.8 Å². The van der Waals surface area contributed by atoms with E-state index < -0.39 is 35.2 Å². The zero-order valence-electron chi connectivity index (χ0n) is 16.4. The third kappa shape index (κ3) is 3.34. The van der Waals surface area contributed by atoms with Crippen molar-refractivity contribution < 1.29 is 28.6 Å². The molecule has 1 atom stereocenters. The van der Waals surface area contributed by atoms with Crippen molar-refractivity contribution in [1.29, 1.82) is 0 Å². The SMILES string of the molecule is Cc1c([C@H](CC2CCC2)C(=O)O)c2cc(O)c(F)cc2n1C(=O)c1cccc(F)c1. The Balaban J connectivity index is 1.94. The molecule has 156 valence electrons. The first-order chi connectivity index (χ1) is 14.3. The Kier molecular flexibility index (Phi) is 5.05. The van der Waals surface area contributed by atoms with Crippen LogP contribution in [0.5, 0.6) is 5.75 Å². The summed E-state index contributed by atoms with van der Waals surface area (Å²) < 4.78 is 29.1. The Morgan fingerprint density at radius 2 is 1.93 bits per heavy atom. The van der Waals surface area contributed by atoms with Crippen LogP contribution in [-0.2, 0) is 4.79 Å². The van der Waals surface area contributed by atoms with Gasteiger partial charge in [-0.3, -0.25) is 14.2 Å². The standard InChI is InChI=1S/C23H21F2NO4/c1-12-21(17(23(29)30)8-13-4-2-5-13)16-10-20(27)18(25)11-19(16)26(12)22(28)14-6-3-7-15(24)9-14/h3,6-7,9-11,13,17,27H,2,4-5,8H2,1H3,(H,29,30)/t17-/m0/s1. The lowest BCUT2D eigenvalue weighted by Crippen LogP contribution is -2.21. The molecule has 2 aromatic carbocycles. The largest absolute Gasteiger partial charge is 0.505 e. The molecular weight excluding hydrogens is 392 g/mol. The molecule has 5 nitrogen and oxygen atoms in total. The zero-order valence-corrected chi connectivity index (χ0v) is 16.4. The summed E-state index contributed by atoms with van der Waals surface area (Å²) in [5.74, 6) is -4.39. The number of rotatable bonds is 5. The summed E-state index contributed by atoms with van der Waals surface area (Å²) in [5, 5.41) is 20.2. The van der Waals surface area contributed by atoms with Crippen LogP contribution >= 0.6 is 0 Å². The average molecular weight is 413 g/mol. The molecule has 1 saturated carbocycles. The van der Waals surface area contributed by atoms with Crippen LogP contribution < -0.4 is 0 Å². The molecular formula is C23H21F2NO4. The van der Waals surface area contributed by atoms with Crippen LogP contribution in [0.4, 0.5) is 8.78 Å². The molecule has 1 aliphatic rings. The number of carbonyl (C=O) groups excluding carboxylic acids is 1. The lowest BCUT2D eigenvalue weighted by atomic mass is 9.77. The van der Waals surface area contributed by atoms with Gasteiger partial charge in [-0.15, -0.1) is 0 Å². The van der Waals surface area contributed by atoms with E-state index in [1.807, 2.05) is 0 Å². The lowest BCUT2D eigenvalue weighted by molar-refractivity contribution is -0.139. The van der Waals surface area contributed by atoms with E-state index in [-0.39, 0.29) is 17.0 Å². The summed E-state index contributed by atoms with van der Waals surface area (Å²) in [6.07, 6.45) is 3.36. The van der Waals surface area contributed by atoms with Gasteiger partial charge in [0.15, 0.2) is 11.6 Å². The molecule has 0 bridgehead atoms. The Morgan fingerprint density at radius 3 is 2.53 bits per heavy atom. The van der Waals surface area contributed by atoms with Gasteiger partial charge in [0.25, 0.3) is 5.91 Å². The van der Waals surface area contributed by atoms with E-state index in [1.54, 1.807) is 6.92 Å². The van der Waals surface area contributed by atoms with Crippen LogP contribution in [0.2, 0.25) is 0 Å². The number of hydrogen-bond acceptors (Lipinski definition) is 3. The number of nitrogens with zero attached hydrogens (tertiary/aromatic N) is 1. The first-order valence-electron chi connectivity index (χ1n) is 9.84. The van der Waals surface area contributed by atoms with E-state index in [4.69, 9.17) is 0 Å². The van der Waals surface area contributed by atoms with Crippen molar-refractivity contribution in [1.82, 2.24) is 4.57 Å². The molecule has 0 amide bonds. The number of aliphatic carboxylic acids is 1. The maximum atomic E-state index is 14.2. The highest BCUT2D eigenvalue weighted by atomic mass is 19.1. The van der Waals surface area contributed by atoms with Gasteiger partial charge in [-0.2, -0.15) is 0 Å². The van der Waals surface area contributed by atoms with Gasteiger partial charge in [-0.1, -0.05) is 25.3 Å². The normalized spacial score (nSPS) is 15.2. The first-order valence-corrected chi connectivity index (χ1v) is 9.84. The molecule has 7 heteroatoms. The lowest BCUT2D eigenvalue weighted by Gasteiger charge is -2.28. The zero-order chi connectivity index (χ0) is 21.6. The Labute approximate surface area is 171 Å². The molecule has 3 aromatic rings. The second-order valence-electron chi connectivity index (χ2n) is 7.89. The maximum absolute atomic E-state index is 14.2. The number of aromatic hydroxyl groups is 1. The number of fused-ring (bicyclic) bond motifs is 1. The smallest absolute Gasteiger partial charge is 0.311 e. The molecule has 4 rings (SSSR count). The quantitative estimate of drug-likeness (QED) is 0.618. The molecule has 0 unspecified atom stereocenters. The molecule has 2 N–H and O–H groups in total. The second kappa shape index (κ2) is 7.55. The van der Waals surface area contributed by atoms with Crippen molar-refractivity contribution in [2.45, 2.75) is 38.5 Å². The molecule has 1 heterocycles. The fourth-order valence-corrected chi connectivity index (χ4v) is 4.30. The van der Waals surface area contributed by atoms with E-state index >= 15 is 0 Å². The third-order valence-electron chi connectivity index (χ3n) is 6.04. The minimum Gasteiger partial charge on any atom is -0.505 e. The van der Waals surface area contributed by atoms with Gasteiger partial charge < -0.3 is 10.2 Å². The van der Waals surface area contributed by atoms with Crippen molar-refractivity contribution in [2.75, 3.05) is 0 Å². The molecule has 0 aliphatic heterocycles. The minimum atomic E-state index is -1.04. The van der Waals surface area contributed by atoms with Gasteiger partial charge >= 0.3 is 5.97 Å². The highest BCUT2D eigenvalue weighted by Crippen LogP contribution is 2.41. The van der Waals surface area contributed by atoms with Crippen LogP contribution in [0.3, 0.4) is 0 Å². The van der Waals surface area contributed by atoms with Crippen molar-refractivity contribution in [3.63, 3.8) is 0 Å². The number of benzene rings is 2. The molecule has 0 spiro atoms. The Bertz CT molecular complexity index is 1160. The van der Waals surface area contributed by atoms with Crippen molar-refractivity contribution in [3.05, 3.63) is 64.9 Å². The first kappa shape index (κ1) is 20.1.